The first-order valence-corrected chi connectivity index (χ1v) is 6.94. The lowest BCUT2D eigenvalue weighted by atomic mass is 10.1. The summed E-state index contributed by atoms with van der Waals surface area (Å²) in [5.74, 6) is -0.336. The zero-order valence-corrected chi connectivity index (χ0v) is 12.3. The number of amides is 1. The van der Waals surface area contributed by atoms with E-state index in [-0.39, 0.29) is 12.5 Å². The van der Waals surface area contributed by atoms with E-state index < -0.39 is 0 Å². The summed E-state index contributed by atoms with van der Waals surface area (Å²) in [5, 5.41) is 0. The molecule has 0 atom stereocenters. The lowest BCUT2D eigenvalue weighted by Crippen LogP contribution is -2.33. The molecule has 0 spiro atoms. The number of anilines is 1. The van der Waals surface area contributed by atoms with Crippen molar-refractivity contribution in [2.24, 2.45) is 5.73 Å². The van der Waals surface area contributed by atoms with E-state index in [2.05, 4.69) is 31.2 Å². The molecule has 4 heteroatoms. The van der Waals surface area contributed by atoms with Crippen molar-refractivity contribution in [1.82, 2.24) is 4.90 Å². The molecule has 0 fully saturated rings. The lowest BCUT2D eigenvalue weighted by Gasteiger charge is -2.21. The summed E-state index contributed by atoms with van der Waals surface area (Å²) in [6.07, 6.45) is 0. The van der Waals surface area contributed by atoms with Crippen LogP contribution in [0.5, 0.6) is 0 Å². The van der Waals surface area contributed by atoms with Crippen molar-refractivity contribution in [2.45, 2.75) is 20.0 Å². The van der Waals surface area contributed by atoms with Crippen molar-refractivity contribution in [2.75, 3.05) is 12.3 Å². The van der Waals surface area contributed by atoms with E-state index in [1.54, 1.807) is 0 Å². The van der Waals surface area contributed by atoms with Gasteiger partial charge < -0.3 is 11.5 Å². The van der Waals surface area contributed by atoms with Gasteiger partial charge in [-0.3, -0.25) is 9.69 Å². The third kappa shape index (κ3) is 4.61. The molecule has 0 radical (unpaired) electrons. The molecule has 0 aliphatic carbocycles. The standard InChI is InChI=1S/C17H21N3O/c1-13-6-8-14(9-7-13)10-20(12-17(19)21)11-15-4-2-3-5-16(15)18/h2-9H,10-12,18H2,1H3,(H2,19,21). The maximum atomic E-state index is 11.3. The van der Waals surface area contributed by atoms with E-state index in [0.29, 0.717) is 13.1 Å². The van der Waals surface area contributed by atoms with Crippen LogP contribution < -0.4 is 11.5 Å². The van der Waals surface area contributed by atoms with Crippen LogP contribution in [0.1, 0.15) is 16.7 Å². The van der Waals surface area contributed by atoms with Crippen molar-refractivity contribution in [1.29, 1.82) is 0 Å². The molecule has 0 aromatic heterocycles. The van der Waals surface area contributed by atoms with Gasteiger partial charge in [0.1, 0.15) is 0 Å². The smallest absolute Gasteiger partial charge is 0.231 e. The van der Waals surface area contributed by atoms with Crippen LogP contribution in [0.3, 0.4) is 0 Å². The van der Waals surface area contributed by atoms with Crippen LogP contribution >= 0.6 is 0 Å². The normalized spacial score (nSPS) is 10.8. The highest BCUT2D eigenvalue weighted by Crippen LogP contribution is 2.15. The van der Waals surface area contributed by atoms with Gasteiger partial charge in [-0.15, -0.1) is 0 Å². The van der Waals surface area contributed by atoms with Crippen LogP contribution in [0.15, 0.2) is 48.5 Å². The number of aryl methyl sites for hydroxylation is 1. The Balaban J connectivity index is 2.12. The summed E-state index contributed by atoms with van der Waals surface area (Å²) in [5.41, 5.74) is 15.4. The van der Waals surface area contributed by atoms with Crippen LogP contribution in [-0.2, 0) is 17.9 Å². The molecule has 2 rings (SSSR count). The molecule has 0 aliphatic heterocycles. The number of carbonyl (C=O) groups excluding carboxylic acids is 1. The minimum Gasteiger partial charge on any atom is -0.398 e. The number of para-hydroxylation sites is 1. The highest BCUT2D eigenvalue weighted by molar-refractivity contribution is 5.75. The van der Waals surface area contributed by atoms with Gasteiger partial charge in [0, 0.05) is 18.8 Å². The molecule has 0 unspecified atom stereocenters. The van der Waals surface area contributed by atoms with Crippen LogP contribution in [0.25, 0.3) is 0 Å². The van der Waals surface area contributed by atoms with Crippen molar-refractivity contribution in [3.63, 3.8) is 0 Å². The van der Waals surface area contributed by atoms with Gasteiger partial charge in [-0.2, -0.15) is 0 Å². The van der Waals surface area contributed by atoms with Gasteiger partial charge in [0.2, 0.25) is 5.91 Å². The average molecular weight is 283 g/mol. The summed E-state index contributed by atoms with van der Waals surface area (Å²) in [7, 11) is 0. The molecule has 0 saturated heterocycles. The summed E-state index contributed by atoms with van der Waals surface area (Å²) in [6.45, 7) is 3.53. The second kappa shape index (κ2) is 6.90. The highest BCUT2D eigenvalue weighted by atomic mass is 16.1. The first kappa shape index (κ1) is 15.1. The Kier molecular flexibility index (Phi) is 4.95. The number of benzene rings is 2. The average Bonchev–Trinajstić information content (AvgIpc) is 2.43. The molecule has 4 nitrogen and oxygen atoms in total. The molecule has 2 aromatic rings. The van der Waals surface area contributed by atoms with E-state index in [0.717, 1.165) is 16.8 Å². The number of nitrogen functional groups attached to an aromatic ring is 1. The van der Waals surface area contributed by atoms with E-state index >= 15 is 0 Å². The lowest BCUT2D eigenvalue weighted by molar-refractivity contribution is -0.119. The Labute approximate surface area is 125 Å². The second-order valence-corrected chi connectivity index (χ2v) is 5.30. The van der Waals surface area contributed by atoms with Gasteiger partial charge in [-0.25, -0.2) is 0 Å². The molecule has 0 aliphatic rings. The number of hydrogen-bond donors (Lipinski definition) is 2. The van der Waals surface area contributed by atoms with Crippen LogP contribution in [0.4, 0.5) is 5.69 Å². The van der Waals surface area contributed by atoms with Gasteiger partial charge in [-0.05, 0) is 24.1 Å². The third-order valence-corrected chi connectivity index (χ3v) is 3.36. The van der Waals surface area contributed by atoms with Crippen molar-refractivity contribution in [3.05, 3.63) is 65.2 Å². The number of carbonyl (C=O) groups is 1. The Hall–Kier alpha value is -2.33. The topological polar surface area (TPSA) is 72.3 Å². The quantitative estimate of drug-likeness (QED) is 0.797. The largest absolute Gasteiger partial charge is 0.398 e. The fourth-order valence-corrected chi connectivity index (χ4v) is 2.26. The predicted octanol–water partition coefficient (Wildman–Crippen LogP) is 2.06. The van der Waals surface area contributed by atoms with E-state index in [4.69, 9.17) is 11.5 Å². The monoisotopic (exact) mass is 283 g/mol. The molecule has 1 amide bonds. The SMILES string of the molecule is Cc1ccc(CN(CC(N)=O)Cc2ccccc2N)cc1. The molecular weight excluding hydrogens is 262 g/mol. The number of rotatable bonds is 6. The highest BCUT2D eigenvalue weighted by Gasteiger charge is 2.11. The molecule has 0 saturated carbocycles. The fourth-order valence-electron chi connectivity index (χ4n) is 2.26. The van der Waals surface area contributed by atoms with Crippen LogP contribution in [-0.4, -0.2) is 17.4 Å². The first-order valence-electron chi connectivity index (χ1n) is 6.94. The minimum atomic E-state index is -0.336. The van der Waals surface area contributed by atoms with E-state index in [1.165, 1.54) is 5.56 Å². The number of primary amides is 1. The second-order valence-electron chi connectivity index (χ2n) is 5.30. The van der Waals surface area contributed by atoms with Gasteiger partial charge in [-0.1, -0.05) is 48.0 Å². The van der Waals surface area contributed by atoms with E-state index in [1.807, 2.05) is 29.2 Å². The Bertz CT molecular complexity index is 608. The Morgan fingerprint density at radius 3 is 2.33 bits per heavy atom. The Morgan fingerprint density at radius 2 is 1.71 bits per heavy atom. The Morgan fingerprint density at radius 1 is 1.05 bits per heavy atom. The van der Waals surface area contributed by atoms with Crippen molar-refractivity contribution < 1.29 is 4.79 Å². The number of nitrogens with two attached hydrogens (primary N) is 2. The van der Waals surface area contributed by atoms with E-state index in [9.17, 15) is 4.79 Å². The van der Waals surface area contributed by atoms with Gasteiger partial charge in [0.25, 0.3) is 0 Å². The van der Waals surface area contributed by atoms with Crippen LogP contribution in [0.2, 0.25) is 0 Å². The molecule has 2 aromatic carbocycles. The zero-order chi connectivity index (χ0) is 15.2. The number of hydrogen-bond acceptors (Lipinski definition) is 3. The molecule has 4 N–H and O–H groups in total. The molecule has 110 valence electrons. The van der Waals surface area contributed by atoms with Gasteiger partial charge >= 0.3 is 0 Å². The number of nitrogens with zero attached hydrogens (tertiary/aromatic N) is 1. The maximum Gasteiger partial charge on any atom is 0.231 e. The first-order chi connectivity index (χ1) is 10.0. The summed E-state index contributed by atoms with van der Waals surface area (Å²) in [6, 6.07) is 15.9. The van der Waals surface area contributed by atoms with Gasteiger partial charge in [0.15, 0.2) is 0 Å². The molecule has 0 bridgehead atoms. The maximum absolute atomic E-state index is 11.3. The summed E-state index contributed by atoms with van der Waals surface area (Å²) >= 11 is 0. The molecule has 21 heavy (non-hydrogen) atoms. The molecular formula is C17H21N3O. The van der Waals surface area contributed by atoms with Crippen molar-refractivity contribution in [3.8, 4) is 0 Å². The third-order valence-electron chi connectivity index (χ3n) is 3.36. The van der Waals surface area contributed by atoms with Crippen molar-refractivity contribution >= 4 is 11.6 Å². The van der Waals surface area contributed by atoms with Crippen LogP contribution in [0, 0.1) is 6.92 Å². The van der Waals surface area contributed by atoms with Gasteiger partial charge in [0.05, 0.1) is 6.54 Å². The summed E-state index contributed by atoms with van der Waals surface area (Å²) in [4.78, 5) is 13.3. The summed E-state index contributed by atoms with van der Waals surface area (Å²) < 4.78 is 0. The predicted molar refractivity (Wildman–Crippen MR) is 85.3 cm³/mol. The zero-order valence-electron chi connectivity index (χ0n) is 12.3. The molecule has 0 heterocycles. The fraction of sp³-hybridized carbons (Fsp3) is 0.235. The minimum absolute atomic E-state index is 0.211.